The minimum absolute atomic E-state index is 0.0183. The van der Waals surface area contributed by atoms with Gasteiger partial charge in [-0.3, -0.25) is 14.9 Å². The molecule has 0 spiro atoms. The zero-order chi connectivity index (χ0) is 27.0. The summed E-state index contributed by atoms with van der Waals surface area (Å²) in [5.74, 6) is -3.51. The highest BCUT2D eigenvalue weighted by atomic mass is 16.9. The molecule has 194 valence electrons. The van der Waals surface area contributed by atoms with Crippen LogP contribution >= 0.6 is 0 Å². The van der Waals surface area contributed by atoms with Gasteiger partial charge in [0.25, 0.3) is 16.7 Å². The normalized spacial score (nSPS) is 13.4. The van der Waals surface area contributed by atoms with Crippen LogP contribution < -0.4 is 15.4 Å². The van der Waals surface area contributed by atoms with Gasteiger partial charge in [-0.15, -0.1) is 10.1 Å². The number of benzene rings is 1. The number of esters is 2. The Kier molecular flexibility index (Phi) is 9.29. The van der Waals surface area contributed by atoms with E-state index >= 15 is 0 Å². The summed E-state index contributed by atoms with van der Waals surface area (Å²) in [4.78, 5) is 62.7. The number of nitro groups is 1. The van der Waals surface area contributed by atoms with Gasteiger partial charge in [0.1, 0.15) is 12.4 Å². The van der Waals surface area contributed by atoms with Crippen molar-refractivity contribution in [3.63, 3.8) is 0 Å². The first-order chi connectivity index (χ1) is 17.0. The summed E-state index contributed by atoms with van der Waals surface area (Å²) in [6.45, 7) is 1.99. The van der Waals surface area contributed by atoms with Crippen molar-refractivity contribution in [1.82, 2.24) is 10.6 Å². The van der Waals surface area contributed by atoms with E-state index in [1.165, 1.54) is 6.07 Å². The largest absolute Gasteiger partial charge is 0.483 e. The molecule has 0 saturated carbocycles. The maximum atomic E-state index is 12.7. The first-order valence-electron chi connectivity index (χ1n) is 10.3. The number of nitrogens with one attached hydrogen (secondary N) is 2. The second-order valence-electron chi connectivity index (χ2n) is 7.29. The maximum absolute atomic E-state index is 12.7. The Balaban J connectivity index is 2.52. The van der Waals surface area contributed by atoms with E-state index < -0.39 is 40.4 Å². The van der Waals surface area contributed by atoms with Crippen molar-refractivity contribution in [3.05, 3.63) is 66.5 Å². The van der Waals surface area contributed by atoms with E-state index in [-0.39, 0.29) is 41.3 Å². The Morgan fingerprint density at radius 1 is 1.03 bits per heavy atom. The Morgan fingerprint density at radius 2 is 1.61 bits per heavy atom. The van der Waals surface area contributed by atoms with Crippen LogP contribution in [0, 0.1) is 20.2 Å². The number of nitro benzene ring substituents is 1. The number of nitrogens with zero attached hydrogens (tertiary/aromatic N) is 2. The van der Waals surface area contributed by atoms with Crippen molar-refractivity contribution in [3.8, 4) is 5.75 Å². The highest BCUT2D eigenvalue weighted by Gasteiger charge is 2.39. The zero-order valence-electron chi connectivity index (χ0n) is 19.8. The summed E-state index contributed by atoms with van der Waals surface area (Å²) >= 11 is 0. The van der Waals surface area contributed by atoms with Gasteiger partial charge in [0.15, 0.2) is 6.61 Å². The lowest BCUT2D eigenvalue weighted by Crippen LogP contribution is -2.33. The molecule has 1 amide bonds. The second kappa shape index (κ2) is 12.1. The predicted molar refractivity (Wildman–Crippen MR) is 120 cm³/mol. The van der Waals surface area contributed by atoms with Gasteiger partial charge in [-0.25, -0.2) is 9.59 Å². The molecular weight excluding hydrogens is 484 g/mol. The predicted octanol–water partition coefficient (Wildman–Crippen LogP) is 0.879. The van der Waals surface area contributed by atoms with Crippen molar-refractivity contribution in [2.24, 2.45) is 0 Å². The molecule has 0 radical (unpaired) electrons. The van der Waals surface area contributed by atoms with Gasteiger partial charge < -0.3 is 29.7 Å². The molecule has 0 bridgehead atoms. The molecule has 1 aromatic carbocycles. The van der Waals surface area contributed by atoms with Crippen LogP contribution in [0.3, 0.4) is 0 Å². The standard InChI is InChI=1S/C21H24N4O11/c1-11-17(20(27)33-3)19(18(12(2)23-11)21(28)34-4)14-9-13(24(29)30)5-6-15(14)35-10-16(26)22-7-8-36-25(31)32/h5-6,9,19,23H,7-8,10H2,1-4H3,(H,22,26). The van der Waals surface area contributed by atoms with E-state index in [9.17, 15) is 34.6 Å². The number of ether oxygens (including phenoxy) is 3. The molecule has 2 N–H and O–H groups in total. The number of carbonyl (C=O) groups excluding carboxylic acids is 3. The van der Waals surface area contributed by atoms with E-state index in [1.54, 1.807) is 13.8 Å². The van der Waals surface area contributed by atoms with Gasteiger partial charge in [0.2, 0.25) is 0 Å². The summed E-state index contributed by atoms with van der Waals surface area (Å²) in [6.07, 6.45) is 0. The van der Waals surface area contributed by atoms with Crippen LogP contribution in [-0.2, 0) is 28.7 Å². The first-order valence-corrected chi connectivity index (χ1v) is 10.3. The SMILES string of the molecule is COC(=O)C1=C(C)NC(C)=C(C(=O)OC)C1c1cc([N+](=O)[O-])ccc1OCC(=O)NCCO[N+](=O)[O-]. The average Bonchev–Trinajstić information content (AvgIpc) is 2.83. The molecule has 0 unspecified atom stereocenters. The van der Waals surface area contributed by atoms with Gasteiger partial charge in [-0.1, -0.05) is 0 Å². The molecule has 1 aromatic rings. The fourth-order valence-corrected chi connectivity index (χ4v) is 3.58. The summed E-state index contributed by atoms with van der Waals surface area (Å²) in [7, 11) is 2.28. The third kappa shape index (κ3) is 6.46. The number of amides is 1. The van der Waals surface area contributed by atoms with E-state index in [4.69, 9.17) is 14.2 Å². The van der Waals surface area contributed by atoms with E-state index in [0.717, 1.165) is 26.4 Å². The summed E-state index contributed by atoms with van der Waals surface area (Å²) in [5.41, 5.74) is 0.303. The molecule has 1 aliphatic heterocycles. The maximum Gasteiger partial charge on any atom is 0.336 e. The van der Waals surface area contributed by atoms with Crippen LogP contribution in [-0.4, -0.2) is 61.8 Å². The van der Waals surface area contributed by atoms with Crippen molar-refractivity contribution in [2.75, 3.05) is 34.0 Å². The van der Waals surface area contributed by atoms with Crippen molar-refractivity contribution < 1.29 is 43.4 Å². The average molecular weight is 508 g/mol. The highest BCUT2D eigenvalue weighted by Crippen LogP contribution is 2.43. The zero-order valence-corrected chi connectivity index (χ0v) is 19.8. The van der Waals surface area contributed by atoms with Gasteiger partial charge in [0.05, 0.1) is 36.2 Å². The fraction of sp³-hybridized carbons (Fsp3) is 0.381. The van der Waals surface area contributed by atoms with Crippen LogP contribution in [0.25, 0.3) is 0 Å². The molecule has 0 atom stereocenters. The lowest BCUT2D eigenvalue weighted by atomic mass is 9.80. The molecule has 0 fully saturated rings. The van der Waals surface area contributed by atoms with Crippen LogP contribution in [0.2, 0.25) is 0 Å². The van der Waals surface area contributed by atoms with Crippen LogP contribution in [0.5, 0.6) is 5.75 Å². The number of allylic oxidation sites excluding steroid dienone is 2. The molecular formula is C21H24N4O11. The fourth-order valence-electron chi connectivity index (χ4n) is 3.58. The Hall–Kier alpha value is -4.69. The molecule has 15 nitrogen and oxygen atoms in total. The van der Waals surface area contributed by atoms with E-state index in [0.29, 0.717) is 11.4 Å². The summed E-state index contributed by atoms with van der Waals surface area (Å²) < 4.78 is 15.4. The molecule has 15 heteroatoms. The van der Waals surface area contributed by atoms with Crippen molar-refractivity contribution >= 4 is 23.5 Å². The smallest absolute Gasteiger partial charge is 0.336 e. The summed E-state index contributed by atoms with van der Waals surface area (Å²) in [6, 6.07) is 3.49. The number of carbonyl (C=O) groups is 3. The van der Waals surface area contributed by atoms with Crippen LogP contribution in [0.1, 0.15) is 25.3 Å². The Labute approximate surface area is 204 Å². The molecule has 36 heavy (non-hydrogen) atoms. The third-order valence-electron chi connectivity index (χ3n) is 5.07. The number of hydrogen-bond acceptors (Lipinski definition) is 12. The lowest BCUT2D eigenvalue weighted by Gasteiger charge is -2.30. The topological polar surface area (TPSA) is 198 Å². The van der Waals surface area contributed by atoms with E-state index in [2.05, 4.69) is 15.5 Å². The van der Waals surface area contributed by atoms with Gasteiger partial charge in [0, 0.05) is 35.6 Å². The monoisotopic (exact) mass is 508 g/mol. The van der Waals surface area contributed by atoms with Gasteiger partial charge in [-0.05, 0) is 19.9 Å². The number of hydrogen-bond donors (Lipinski definition) is 2. The van der Waals surface area contributed by atoms with E-state index in [1.807, 2.05) is 0 Å². The Morgan fingerprint density at radius 3 is 2.11 bits per heavy atom. The minimum Gasteiger partial charge on any atom is -0.483 e. The summed E-state index contributed by atoms with van der Waals surface area (Å²) in [5, 5.41) is 25.9. The van der Waals surface area contributed by atoms with Crippen LogP contribution in [0.4, 0.5) is 5.69 Å². The van der Waals surface area contributed by atoms with Crippen LogP contribution in [0.15, 0.2) is 40.7 Å². The molecule has 2 rings (SSSR count). The number of non-ortho nitro benzene ring substituents is 1. The number of dihydropyridines is 1. The molecule has 0 aliphatic carbocycles. The quantitative estimate of drug-likeness (QED) is 0.185. The highest BCUT2D eigenvalue weighted by molar-refractivity contribution is 6.00. The number of methoxy groups -OCH3 is 2. The second-order valence-corrected chi connectivity index (χ2v) is 7.29. The minimum atomic E-state index is -1.20. The lowest BCUT2D eigenvalue weighted by molar-refractivity contribution is -0.757. The number of rotatable bonds is 11. The molecule has 0 saturated heterocycles. The van der Waals surface area contributed by atoms with Crippen molar-refractivity contribution in [1.29, 1.82) is 0 Å². The Bertz CT molecular complexity index is 1100. The van der Waals surface area contributed by atoms with Gasteiger partial charge in [-0.2, -0.15) is 0 Å². The first kappa shape index (κ1) is 27.6. The molecule has 0 aromatic heterocycles. The van der Waals surface area contributed by atoms with Crippen molar-refractivity contribution in [2.45, 2.75) is 19.8 Å². The molecule has 1 heterocycles. The molecule has 1 aliphatic rings. The van der Waals surface area contributed by atoms with Gasteiger partial charge >= 0.3 is 11.9 Å². The third-order valence-corrected chi connectivity index (χ3v) is 5.07.